The largest absolute Gasteiger partial charge is 0.508 e. The highest BCUT2D eigenvalue weighted by molar-refractivity contribution is 6.04. The summed E-state index contributed by atoms with van der Waals surface area (Å²) in [5, 5.41) is 12.8. The monoisotopic (exact) mass is 493 g/mol. The predicted octanol–water partition coefficient (Wildman–Crippen LogP) is 5.64. The van der Waals surface area contributed by atoms with Crippen molar-refractivity contribution in [1.82, 2.24) is 4.90 Å². The van der Waals surface area contributed by atoms with Gasteiger partial charge in [-0.1, -0.05) is 36.4 Å². The van der Waals surface area contributed by atoms with Crippen LogP contribution in [0.2, 0.25) is 0 Å². The Labute approximate surface area is 217 Å². The molecule has 6 nitrogen and oxygen atoms in total. The summed E-state index contributed by atoms with van der Waals surface area (Å²) in [5.74, 6) is 0.903. The summed E-state index contributed by atoms with van der Waals surface area (Å²) in [5.41, 5.74) is 5.93. The van der Waals surface area contributed by atoms with Crippen molar-refractivity contribution in [2.75, 3.05) is 43.5 Å². The molecule has 0 atom stereocenters. The van der Waals surface area contributed by atoms with Gasteiger partial charge in [-0.05, 0) is 77.4 Å². The molecule has 1 aliphatic rings. The first-order valence-corrected chi connectivity index (χ1v) is 12.5. The Morgan fingerprint density at radius 3 is 2.30 bits per heavy atom. The van der Waals surface area contributed by atoms with E-state index in [1.165, 1.54) is 5.56 Å². The zero-order chi connectivity index (χ0) is 25.6. The number of anilines is 2. The van der Waals surface area contributed by atoms with Gasteiger partial charge in [-0.15, -0.1) is 0 Å². The molecule has 0 saturated carbocycles. The molecule has 6 heteroatoms. The SMILES string of the molecule is COc1ccc(NC(=O)c2ccc(N3CCN(Cc4ccccc4-c4cccc(O)c4)CC3)cc2)cc1. The van der Waals surface area contributed by atoms with Crippen LogP contribution in [-0.4, -0.2) is 49.2 Å². The number of ether oxygens (including phenoxy) is 1. The maximum absolute atomic E-state index is 12.6. The molecule has 4 aromatic rings. The Morgan fingerprint density at radius 1 is 0.865 bits per heavy atom. The van der Waals surface area contributed by atoms with Crippen molar-refractivity contribution in [2.45, 2.75) is 6.54 Å². The second kappa shape index (κ2) is 11.2. The Balaban J connectivity index is 1.17. The fraction of sp³-hybridized carbons (Fsp3) is 0.194. The number of phenols is 1. The highest BCUT2D eigenvalue weighted by Gasteiger charge is 2.19. The quantitative estimate of drug-likeness (QED) is 0.349. The smallest absolute Gasteiger partial charge is 0.255 e. The number of piperazine rings is 1. The lowest BCUT2D eigenvalue weighted by molar-refractivity contribution is 0.102. The second-order valence-electron chi connectivity index (χ2n) is 9.20. The topological polar surface area (TPSA) is 65.0 Å². The molecule has 37 heavy (non-hydrogen) atoms. The molecule has 0 bridgehead atoms. The number of carbonyl (C=O) groups excluding carboxylic acids is 1. The number of nitrogens with one attached hydrogen (secondary N) is 1. The summed E-state index contributed by atoms with van der Waals surface area (Å²) in [6, 6.07) is 30.9. The van der Waals surface area contributed by atoms with Crippen LogP contribution in [0.15, 0.2) is 97.1 Å². The minimum Gasteiger partial charge on any atom is -0.508 e. The van der Waals surface area contributed by atoms with Gasteiger partial charge in [0, 0.05) is 49.7 Å². The number of aromatic hydroxyl groups is 1. The van der Waals surface area contributed by atoms with Gasteiger partial charge in [0.25, 0.3) is 5.91 Å². The van der Waals surface area contributed by atoms with Crippen molar-refractivity contribution in [2.24, 2.45) is 0 Å². The number of methoxy groups -OCH3 is 1. The van der Waals surface area contributed by atoms with Gasteiger partial charge in [-0.2, -0.15) is 0 Å². The van der Waals surface area contributed by atoms with Crippen LogP contribution in [-0.2, 0) is 6.54 Å². The van der Waals surface area contributed by atoms with Crippen molar-refractivity contribution in [3.63, 3.8) is 0 Å². The number of carbonyl (C=O) groups is 1. The highest BCUT2D eigenvalue weighted by atomic mass is 16.5. The van der Waals surface area contributed by atoms with E-state index < -0.39 is 0 Å². The maximum atomic E-state index is 12.6. The van der Waals surface area contributed by atoms with E-state index in [4.69, 9.17) is 4.74 Å². The van der Waals surface area contributed by atoms with Crippen LogP contribution < -0.4 is 15.0 Å². The Bertz CT molecular complexity index is 1340. The van der Waals surface area contributed by atoms with Crippen LogP contribution in [0.25, 0.3) is 11.1 Å². The van der Waals surface area contributed by atoms with E-state index in [-0.39, 0.29) is 11.7 Å². The van der Waals surface area contributed by atoms with Crippen LogP contribution in [0.4, 0.5) is 11.4 Å². The Kier molecular flexibility index (Phi) is 7.38. The molecule has 1 saturated heterocycles. The summed E-state index contributed by atoms with van der Waals surface area (Å²) in [6.45, 7) is 4.61. The lowest BCUT2D eigenvalue weighted by Gasteiger charge is -2.36. The zero-order valence-corrected chi connectivity index (χ0v) is 20.9. The van der Waals surface area contributed by atoms with E-state index in [1.54, 1.807) is 13.2 Å². The van der Waals surface area contributed by atoms with Gasteiger partial charge in [0.2, 0.25) is 0 Å². The van der Waals surface area contributed by atoms with Crippen molar-refractivity contribution in [3.8, 4) is 22.6 Å². The molecular weight excluding hydrogens is 462 g/mol. The molecule has 0 spiro atoms. The van der Waals surface area contributed by atoms with Crippen LogP contribution >= 0.6 is 0 Å². The molecule has 4 aromatic carbocycles. The van der Waals surface area contributed by atoms with E-state index >= 15 is 0 Å². The van der Waals surface area contributed by atoms with Crippen molar-refractivity contribution < 1.29 is 14.6 Å². The molecule has 1 heterocycles. The summed E-state index contributed by atoms with van der Waals surface area (Å²) in [4.78, 5) is 17.5. The number of phenolic OH excluding ortho intramolecular Hbond substituents is 1. The van der Waals surface area contributed by atoms with Crippen molar-refractivity contribution >= 4 is 17.3 Å². The van der Waals surface area contributed by atoms with E-state index in [1.807, 2.05) is 72.8 Å². The van der Waals surface area contributed by atoms with E-state index in [2.05, 4.69) is 33.3 Å². The molecule has 1 amide bonds. The number of rotatable bonds is 7. The Morgan fingerprint density at radius 2 is 1.59 bits per heavy atom. The highest BCUT2D eigenvalue weighted by Crippen LogP contribution is 2.28. The van der Waals surface area contributed by atoms with Gasteiger partial charge in [-0.25, -0.2) is 0 Å². The summed E-state index contributed by atoms with van der Waals surface area (Å²) in [6.07, 6.45) is 0. The second-order valence-corrected chi connectivity index (χ2v) is 9.20. The minimum absolute atomic E-state index is 0.132. The first kappa shape index (κ1) is 24.4. The number of hydrogen-bond donors (Lipinski definition) is 2. The molecule has 0 radical (unpaired) electrons. The first-order chi connectivity index (χ1) is 18.1. The minimum atomic E-state index is -0.132. The number of benzene rings is 4. The van der Waals surface area contributed by atoms with Crippen LogP contribution in [0.3, 0.4) is 0 Å². The molecular formula is C31H31N3O3. The van der Waals surface area contributed by atoms with Gasteiger partial charge in [0.1, 0.15) is 11.5 Å². The zero-order valence-electron chi connectivity index (χ0n) is 20.9. The maximum Gasteiger partial charge on any atom is 0.255 e. The molecule has 0 unspecified atom stereocenters. The normalized spacial score (nSPS) is 13.8. The average molecular weight is 494 g/mol. The van der Waals surface area contributed by atoms with E-state index in [0.717, 1.165) is 61.0 Å². The van der Waals surface area contributed by atoms with Gasteiger partial charge < -0.3 is 20.1 Å². The lowest BCUT2D eigenvalue weighted by atomic mass is 9.99. The molecule has 5 rings (SSSR count). The third-order valence-corrected chi connectivity index (χ3v) is 6.78. The fourth-order valence-electron chi connectivity index (χ4n) is 4.72. The molecule has 1 aliphatic heterocycles. The summed E-state index contributed by atoms with van der Waals surface area (Å²) >= 11 is 0. The fourth-order valence-corrected chi connectivity index (χ4v) is 4.72. The van der Waals surface area contributed by atoms with Gasteiger partial charge >= 0.3 is 0 Å². The summed E-state index contributed by atoms with van der Waals surface area (Å²) in [7, 11) is 1.62. The molecule has 1 fully saturated rings. The van der Waals surface area contributed by atoms with Crippen molar-refractivity contribution in [3.05, 3.63) is 108 Å². The Hall–Kier alpha value is -4.29. The van der Waals surface area contributed by atoms with Crippen LogP contribution in [0.1, 0.15) is 15.9 Å². The van der Waals surface area contributed by atoms with Gasteiger partial charge in [-0.3, -0.25) is 9.69 Å². The number of nitrogens with zero attached hydrogens (tertiary/aromatic N) is 2. The molecule has 0 aromatic heterocycles. The van der Waals surface area contributed by atoms with Crippen LogP contribution in [0.5, 0.6) is 11.5 Å². The third kappa shape index (κ3) is 5.93. The molecule has 2 N–H and O–H groups in total. The number of amides is 1. The molecule has 188 valence electrons. The molecule has 0 aliphatic carbocycles. The average Bonchev–Trinajstić information content (AvgIpc) is 2.94. The predicted molar refractivity (Wildman–Crippen MR) is 148 cm³/mol. The van der Waals surface area contributed by atoms with E-state index in [0.29, 0.717) is 5.56 Å². The number of hydrogen-bond acceptors (Lipinski definition) is 5. The van der Waals surface area contributed by atoms with Gasteiger partial charge in [0.05, 0.1) is 7.11 Å². The third-order valence-electron chi connectivity index (χ3n) is 6.78. The van der Waals surface area contributed by atoms with Crippen LogP contribution in [0, 0.1) is 0 Å². The van der Waals surface area contributed by atoms with E-state index in [9.17, 15) is 9.90 Å². The van der Waals surface area contributed by atoms with Gasteiger partial charge in [0.15, 0.2) is 0 Å². The van der Waals surface area contributed by atoms with Crippen molar-refractivity contribution in [1.29, 1.82) is 0 Å². The summed E-state index contributed by atoms with van der Waals surface area (Å²) < 4.78 is 5.16. The first-order valence-electron chi connectivity index (χ1n) is 12.5. The standard InChI is InChI=1S/C31H31N3O3/c1-37-29-15-11-26(12-16-29)32-31(36)23-9-13-27(14-10-23)34-19-17-33(18-20-34)22-25-5-2-3-8-30(25)24-6-4-7-28(35)21-24/h2-16,21,35H,17-20,22H2,1H3,(H,32,36). The lowest BCUT2D eigenvalue weighted by Crippen LogP contribution is -2.46.